The van der Waals surface area contributed by atoms with Crippen LogP contribution in [-0.2, 0) is 16.6 Å². The summed E-state index contributed by atoms with van der Waals surface area (Å²) in [4.78, 5) is 0.116. The van der Waals surface area contributed by atoms with Crippen molar-refractivity contribution in [3.05, 3.63) is 47.4 Å². The molecule has 0 atom stereocenters. The van der Waals surface area contributed by atoms with Crippen LogP contribution in [0.25, 0.3) is 0 Å². The lowest BCUT2D eigenvalue weighted by Gasteiger charge is -2.19. The lowest BCUT2D eigenvalue weighted by Crippen LogP contribution is -2.30. The molecule has 1 aromatic heterocycles. The molecule has 1 aromatic carbocycles. The molecule has 0 fully saturated rings. The van der Waals surface area contributed by atoms with Crippen LogP contribution in [-0.4, -0.2) is 19.3 Å². The normalized spacial score (nSPS) is 11.9. The van der Waals surface area contributed by atoms with Crippen LogP contribution >= 0.6 is 11.6 Å². The van der Waals surface area contributed by atoms with E-state index < -0.39 is 10.0 Å². The molecule has 0 aliphatic heterocycles. The van der Waals surface area contributed by atoms with Crippen molar-refractivity contribution in [1.82, 2.24) is 4.31 Å². The number of hydrogen-bond donors (Lipinski definition) is 1. The molecule has 0 saturated carbocycles. The van der Waals surface area contributed by atoms with E-state index in [0.29, 0.717) is 18.0 Å². The number of nitrogen functional groups attached to an aromatic ring is 1. The van der Waals surface area contributed by atoms with Crippen molar-refractivity contribution in [1.29, 1.82) is 0 Å². The van der Waals surface area contributed by atoms with Gasteiger partial charge in [-0.05, 0) is 30.3 Å². The standard InChI is InChI=1S/C13H15ClN2O3S/c1-2-16(9-10-4-3-7-19-10)20(17,18)11-5-6-13(15)12(14)8-11/h3-8H,2,9,15H2,1H3. The van der Waals surface area contributed by atoms with Crippen molar-refractivity contribution < 1.29 is 12.8 Å². The Hall–Kier alpha value is -1.50. The van der Waals surface area contributed by atoms with Gasteiger partial charge in [-0.25, -0.2) is 8.42 Å². The van der Waals surface area contributed by atoms with E-state index >= 15 is 0 Å². The molecule has 20 heavy (non-hydrogen) atoms. The lowest BCUT2D eigenvalue weighted by atomic mass is 10.3. The summed E-state index contributed by atoms with van der Waals surface area (Å²) in [5, 5.41) is 0.222. The summed E-state index contributed by atoms with van der Waals surface area (Å²) in [5.41, 5.74) is 5.94. The summed E-state index contributed by atoms with van der Waals surface area (Å²) in [6, 6.07) is 7.73. The van der Waals surface area contributed by atoms with Crippen LogP contribution in [0.5, 0.6) is 0 Å². The summed E-state index contributed by atoms with van der Waals surface area (Å²) in [6.45, 7) is 2.26. The van der Waals surface area contributed by atoms with Gasteiger partial charge < -0.3 is 10.2 Å². The average Bonchev–Trinajstić information content (AvgIpc) is 2.91. The van der Waals surface area contributed by atoms with E-state index in [-0.39, 0.29) is 16.5 Å². The number of anilines is 1. The van der Waals surface area contributed by atoms with Gasteiger partial charge in [0.25, 0.3) is 0 Å². The van der Waals surface area contributed by atoms with Gasteiger partial charge in [-0.3, -0.25) is 0 Å². The molecule has 2 rings (SSSR count). The van der Waals surface area contributed by atoms with Crippen LogP contribution in [0.15, 0.2) is 45.9 Å². The monoisotopic (exact) mass is 314 g/mol. The highest BCUT2D eigenvalue weighted by molar-refractivity contribution is 7.89. The molecule has 0 aliphatic rings. The summed E-state index contributed by atoms with van der Waals surface area (Å²) in [6.07, 6.45) is 1.51. The van der Waals surface area contributed by atoms with Gasteiger partial charge in [0.2, 0.25) is 10.0 Å². The average molecular weight is 315 g/mol. The maximum absolute atomic E-state index is 12.5. The first-order chi connectivity index (χ1) is 9.45. The molecule has 0 aliphatic carbocycles. The zero-order valence-corrected chi connectivity index (χ0v) is 12.5. The fourth-order valence-corrected chi connectivity index (χ4v) is 3.45. The minimum atomic E-state index is -3.63. The predicted molar refractivity (Wildman–Crippen MR) is 77.8 cm³/mol. The van der Waals surface area contributed by atoms with Crippen LogP contribution < -0.4 is 5.73 Å². The SMILES string of the molecule is CCN(Cc1ccco1)S(=O)(=O)c1ccc(N)c(Cl)c1. The summed E-state index contributed by atoms with van der Waals surface area (Å²) in [7, 11) is -3.63. The van der Waals surface area contributed by atoms with Crippen molar-refractivity contribution in [2.45, 2.75) is 18.4 Å². The Morgan fingerprint density at radius 1 is 1.35 bits per heavy atom. The molecule has 0 spiro atoms. The quantitative estimate of drug-likeness (QED) is 0.861. The van der Waals surface area contributed by atoms with E-state index in [1.54, 1.807) is 19.1 Å². The van der Waals surface area contributed by atoms with Gasteiger partial charge in [0.05, 0.1) is 28.4 Å². The number of sulfonamides is 1. The maximum Gasteiger partial charge on any atom is 0.243 e. The summed E-state index contributed by atoms with van der Waals surface area (Å²) in [5.74, 6) is 0.581. The fraction of sp³-hybridized carbons (Fsp3) is 0.231. The second-order valence-electron chi connectivity index (χ2n) is 4.19. The van der Waals surface area contributed by atoms with E-state index in [0.717, 1.165) is 0 Å². The molecule has 5 nitrogen and oxygen atoms in total. The molecule has 0 bridgehead atoms. The Kier molecular flexibility index (Phi) is 4.37. The first kappa shape index (κ1) is 14.9. The van der Waals surface area contributed by atoms with Gasteiger partial charge in [0.15, 0.2) is 0 Å². The smallest absolute Gasteiger partial charge is 0.243 e. The molecule has 2 N–H and O–H groups in total. The van der Waals surface area contributed by atoms with Crippen LogP contribution in [0.2, 0.25) is 5.02 Å². The number of furan rings is 1. The molecule has 7 heteroatoms. The highest BCUT2D eigenvalue weighted by atomic mass is 35.5. The molecule has 0 radical (unpaired) electrons. The number of nitrogens with zero attached hydrogens (tertiary/aromatic N) is 1. The molecular weight excluding hydrogens is 300 g/mol. The molecule has 108 valence electrons. The van der Waals surface area contributed by atoms with E-state index in [4.69, 9.17) is 21.8 Å². The third kappa shape index (κ3) is 2.98. The van der Waals surface area contributed by atoms with Gasteiger partial charge in [-0.15, -0.1) is 0 Å². The Morgan fingerprint density at radius 2 is 2.10 bits per heavy atom. The molecule has 2 aromatic rings. The van der Waals surface area contributed by atoms with Crippen molar-refractivity contribution in [2.75, 3.05) is 12.3 Å². The number of hydrogen-bond acceptors (Lipinski definition) is 4. The number of benzene rings is 1. The summed E-state index contributed by atoms with van der Waals surface area (Å²) < 4.78 is 31.6. The Morgan fingerprint density at radius 3 is 2.65 bits per heavy atom. The van der Waals surface area contributed by atoms with E-state index in [9.17, 15) is 8.42 Å². The van der Waals surface area contributed by atoms with Crippen molar-refractivity contribution in [3.63, 3.8) is 0 Å². The Bertz CT molecular complexity index is 684. The van der Waals surface area contributed by atoms with Gasteiger partial charge in [-0.2, -0.15) is 4.31 Å². The maximum atomic E-state index is 12.5. The van der Waals surface area contributed by atoms with E-state index in [1.165, 1.54) is 28.8 Å². The largest absolute Gasteiger partial charge is 0.468 e. The molecule has 0 unspecified atom stereocenters. The fourth-order valence-electron chi connectivity index (χ4n) is 1.76. The van der Waals surface area contributed by atoms with Gasteiger partial charge in [-0.1, -0.05) is 18.5 Å². The number of rotatable bonds is 5. The molecule has 1 heterocycles. The van der Waals surface area contributed by atoms with E-state index in [2.05, 4.69) is 0 Å². The Labute approximate surface area is 123 Å². The minimum absolute atomic E-state index is 0.116. The molecule has 0 saturated heterocycles. The minimum Gasteiger partial charge on any atom is -0.468 e. The van der Waals surface area contributed by atoms with Crippen LogP contribution in [0.1, 0.15) is 12.7 Å². The number of halogens is 1. The van der Waals surface area contributed by atoms with Gasteiger partial charge >= 0.3 is 0 Å². The lowest BCUT2D eigenvalue weighted by molar-refractivity contribution is 0.375. The zero-order valence-electron chi connectivity index (χ0n) is 10.9. The Balaban J connectivity index is 2.33. The van der Waals surface area contributed by atoms with Crippen molar-refractivity contribution >= 4 is 27.3 Å². The van der Waals surface area contributed by atoms with Crippen LogP contribution in [0.3, 0.4) is 0 Å². The second-order valence-corrected chi connectivity index (χ2v) is 6.54. The first-order valence-corrected chi connectivity index (χ1v) is 7.84. The van der Waals surface area contributed by atoms with Crippen LogP contribution in [0, 0.1) is 0 Å². The van der Waals surface area contributed by atoms with Gasteiger partial charge in [0.1, 0.15) is 5.76 Å². The van der Waals surface area contributed by atoms with Crippen molar-refractivity contribution in [2.24, 2.45) is 0 Å². The predicted octanol–water partition coefficient (Wildman–Crippen LogP) is 2.73. The highest BCUT2D eigenvalue weighted by Gasteiger charge is 2.24. The third-order valence-electron chi connectivity index (χ3n) is 2.87. The number of nitrogens with two attached hydrogens (primary N) is 1. The molecular formula is C13H15ClN2O3S. The third-order valence-corrected chi connectivity index (χ3v) is 5.12. The van der Waals surface area contributed by atoms with Gasteiger partial charge in [0, 0.05) is 6.54 Å². The van der Waals surface area contributed by atoms with Crippen molar-refractivity contribution in [3.8, 4) is 0 Å². The summed E-state index contributed by atoms with van der Waals surface area (Å²) >= 11 is 5.88. The van der Waals surface area contributed by atoms with Crippen LogP contribution in [0.4, 0.5) is 5.69 Å². The van der Waals surface area contributed by atoms with E-state index in [1.807, 2.05) is 0 Å². The first-order valence-electron chi connectivity index (χ1n) is 6.02. The zero-order chi connectivity index (χ0) is 14.8. The molecule has 0 amide bonds. The second kappa shape index (κ2) is 5.87. The highest BCUT2D eigenvalue weighted by Crippen LogP contribution is 2.25. The topological polar surface area (TPSA) is 76.5 Å².